The Balaban J connectivity index is 1.75. The number of benzene rings is 1. The van der Waals surface area contributed by atoms with Crippen molar-refractivity contribution in [3.8, 4) is 0 Å². The van der Waals surface area contributed by atoms with E-state index < -0.39 is 11.7 Å². The molecule has 0 aliphatic heterocycles. The highest BCUT2D eigenvalue weighted by atomic mass is 19.4. The molecule has 0 radical (unpaired) electrons. The van der Waals surface area contributed by atoms with E-state index in [0.29, 0.717) is 22.6 Å². The fourth-order valence-corrected chi connectivity index (χ4v) is 2.93. The molecule has 1 aromatic carbocycles. The Labute approximate surface area is 160 Å². The largest absolute Gasteiger partial charge is 0.416 e. The van der Waals surface area contributed by atoms with Crippen molar-refractivity contribution < 1.29 is 18.0 Å². The Morgan fingerprint density at radius 2 is 1.89 bits per heavy atom. The number of nitrogens with one attached hydrogen (secondary N) is 1. The molecule has 28 heavy (non-hydrogen) atoms. The Morgan fingerprint density at radius 1 is 1.14 bits per heavy atom. The predicted octanol–water partition coefficient (Wildman–Crippen LogP) is 3.71. The molecule has 2 aromatic heterocycles. The summed E-state index contributed by atoms with van der Waals surface area (Å²) in [6.07, 6.45) is -2.68. The van der Waals surface area contributed by atoms with E-state index in [1.807, 2.05) is 6.92 Å². The average molecular weight is 391 g/mol. The smallest absolute Gasteiger partial charge is 0.321 e. The van der Waals surface area contributed by atoms with Gasteiger partial charge in [0, 0.05) is 6.20 Å². The predicted molar refractivity (Wildman–Crippen MR) is 97.8 cm³/mol. The monoisotopic (exact) mass is 391 g/mol. The van der Waals surface area contributed by atoms with Crippen LogP contribution in [-0.2, 0) is 24.1 Å². The third kappa shape index (κ3) is 4.41. The summed E-state index contributed by atoms with van der Waals surface area (Å²) in [7, 11) is 0. The number of alkyl halides is 3. The third-order valence-corrected chi connectivity index (χ3v) is 4.31. The van der Waals surface area contributed by atoms with Gasteiger partial charge in [0.1, 0.15) is 6.54 Å². The van der Waals surface area contributed by atoms with Crippen LogP contribution >= 0.6 is 0 Å². The zero-order valence-electron chi connectivity index (χ0n) is 15.7. The van der Waals surface area contributed by atoms with Gasteiger partial charge in [-0.05, 0) is 44.5 Å². The summed E-state index contributed by atoms with van der Waals surface area (Å²) in [5, 5.41) is 11.3. The third-order valence-electron chi connectivity index (χ3n) is 4.31. The first kappa shape index (κ1) is 19.7. The minimum atomic E-state index is -4.39. The highest BCUT2D eigenvalue weighted by Crippen LogP contribution is 2.30. The van der Waals surface area contributed by atoms with Crippen molar-refractivity contribution in [1.29, 1.82) is 0 Å². The first-order chi connectivity index (χ1) is 13.1. The molecule has 0 fully saturated rings. The zero-order valence-corrected chi connectivity index (χ0v) is 15.7. The van der Waals surface area contributed by atoms with Gasteiger partial charge in [-0.15, -0.1) is 0 Å². The van der Waals surface area contributed by atoms with E-state index in [-0.39, 0.29) is 19.0 Å². The lowest BCUT2D eigenvalue weighted by atomic mass is 10.1. The van der Waals surface area contributed by atoms with Gasteiger partial charge in [-0.2, -0.15) is 23.4 Å². The highest BCUT2D eigenvalue weighted by molar-refractivity contribution is 5.91. The first-order valence-electron chi connectivity index (χ1n) is 8.63. The maximum atomic E-state index is 12.9. The van der Waals surface area contributed by atoms with Gasteiger partial charge in [-0.25, -0.2) is 0 Å². The number of hydrogen-bond donors (Lipinski definition) is 1. The lowest BCUT2D eigenvalue weighted by Crippen LogP contribution is -2.20. The highest BCUT2D eigenvalue weighted by Gasteiger charge is 2.30. The SMILES string of the molecule is Cc1ccn(CC(=O)Nc2c(C)nn(Cc3cccc(C(F)(F)F)c3)c2C)n1. The maximum Gasteiger partial charge on any atom is 0.416 e. The molecule has 9 heteroatoms. The summed E-state index contributed by atoms with van der Waals surface area (Å²) in [5.41, 5.74) is 2.41. The van der Waals surface area contributed by atoms with E-state index >= 15 is 0 Å². The van der Waals surface area contributed by atoms with Crippen LogP contribution in [0.25, 0.3) is 0 Å². The van der Waals surface area contributed by atoms with E-state index in [9.17, 15) is 18.0 Å². The number of rotatable bonds is 5. The van der Waals surface area contributed by atoms with Crippen molar-refractivity contribution in [2.24, 2.45) is 0 Å². The molecule has 0 saturated carbocycles. The van der Waals surface area contributed by atoms with Crippen LogP contribution in [0.15, 0.2) is 36.5 Å². The molecular weight excluding hydrogens is 371 g/mol. The molecule has 3 aromatic rings. The van der Waals surface area contributed by atoms with Crippen LogP contribution in [0.1, 0.15) is 28.2 Å². The number of hydrogen-bond acceptors (Lipinski definition) is 3. The number of nitrogens with zero attached hydrogens (tertiary/aromatic N) is 4. The Bertz CT molecular complexity index is 1000. The summed E-state index contributed by atoms with van der Waals surface area (Å²) in [5.74, 6) is -0.257. The molecule has 3 rings (SSSR count). The Kier molecular flexibility index (Phi) is 5.26. The van der Waals surface area contributed by atoms with Crippen LogP contribution < -0.4 is 5.32 Å². The summed E-state index contributed by atoms with van der Waals surface area (Å²) in [4.78, 5) is 12.3. The van der Waals surface area contributed by atoms with Crippen molar-refractivity contribution in [2.75, 3.05) is 5.32 Å². The normalized spacial score (nSPS) is 11.6. The summed E-state index contributed by atoms with van der Waals surface area (Å²) in [6, 6.07) is 6.93. The molecule has 1 N–H and O–H groups in total. The molecule has 1 amide bonds. The average Bonchev–Trinajstić information content (AvgIpc) is 3.12. The molecule has 0 bridgehead atoms. The fourth-order valence-electron chi connectivity index (χ4n) is 2.93. The molecular formula is C19H20F3N5O. The fraction of sp³-hybridized carbons (Fsp3) is 0.316. The minimum absolute atomic E-state index is 0.0610. The second-order valence-electron chi connectivity index (χ2n) is 6.60. The van der Waals surface area contributed by atoms with E-state index in [1.54, 1.807) is 36.9 Å². The van der Waals surface area contributed by atoms with Crippen molar-refractivity contribution in [2.45, 2.75) is 40.0 Å². The van der Waals surface area contributed by atoms with Gasteiger partial charge >= 0.3 is 6.18 Å². The van der Waals surface area contributed by atoms with Crippen LogP contribution in [0, 0.1) is 20.8 Å². The van der Waals surface area contributed by atoms with Crippen LogP contribution in [0.4, 0.5) is 18.9 Å². The molecule has 0 unspecified atom stereocenters. The lowest BCUT2D eigenvalue weighted by molar-refractivity contribution is -0.137. The zero-order chi connectivity index (χ0) is 20.5. The van der Waals surface area contributed by atoms with Crippen molar-refractivity contribution >= 4 is 11.6 Å². The van der Waals surface area contributed by atoms with Crippen LogP contribution in [0.2, 0.25) is 0 Å². The van der Waals surface area contributed by atoms with Gasteiger partial charge in [0.05, 0.1) is 34.9 Å². The number of anilines is 1. The summed E-state index contributed by atoms with van der Waals surface area (Å²) >= 11 is 0. The molecule has 2 heterocycles. The Morgan fingerprint density at radius 3 is 2.54 bits per heavy atom. The number of aryl methyl sites for hydroxylation is 2. The lowest BCUT2D eigenvalue weighted by Gasteiger charge is -2.10. The second kappa shape index (κ2) is 7.49. The van der Waals surface area contributed by atoms with Crippen molar-refractivity contribution in [1.82, 2.24) is 19.6 Å². The van der Waals surface area contributed by atoms with Crippen LogP contribution in [0.5, 0.6) is 0 Å². The van der Waals surface area contributed by atoms with E-state index in [2.05, 4.69) is 15.5 Å². The van der Waals surface area contributed by atoms with Crippen LogP contribution in [0.3, 0.4) is 0 Å². The van der Waals surface area contributed by atoms with Crippen LogP contribution in [-0.4, -0.2) is 25.5 Å². The summed E-state index contributed by atoms with van der Waals surface area (Å²) in [6.45, 7) is 5.57. The van der Waals surface area contributed by atoms with Gasteiger partial charge in [0.25, 0.3) is 0 Å². The molecule has 6 nitrogen and oxygen atoms in total. The molecule has 148 valence electrons. The van der Waals surface area contributed by atoms with Gasteiger partial charge in [-0.3, -0.25) is 14.2 Å². The number of halogens is 3. The number of carbonyl (C=O) groups is 1. The number of carbonyl (C=O) groups excluding carboxylic acids is 1. The topological polar surface area (TPSA) is 64.7 Å². The Hall–Kier alpha value is -3.10. The van der Waals surface area contributed by atoms with Gasteiger partial charge < -0.3 is 5.32 Å². The van der Waals surface area contributed by atoms with E-state index in [1.165, 1.54) is 10.7 Å². The van der Waals surface area contributed by atoms with Crippen molar-refractivity contribution in [3.63, 3.8) is 0 Å². The molecule has 0 aliphatic carbocycles. The molecule has 0 atom stereocenters. The van der Waals surface area contributed by atoms with E-state index in [4.69, 9.17) is 0 Å². The van der Waals surface area contributed by atoms with Crippen molar-refractivity contribution in [3.05, 3.63) is 64.7 Å². The summed E-state index contributed by atoms with van der Waals surface area (Å²) < 4.78 is 41.8. The van der Waals surface area contributed by atoms with Gasteiger partial charge in [0.15, 0.2) is 0 Å². The second-order valence-corrected chi connectivity index (χ2v) is 6.60. The quantitative estimate of drug-likeness (QED) is 0.721. The molecule has 0 aliphatic rings. The van der Waals surface area contributed by atoms with Gasteiger partial charge in [-0.1, -0.05) is 12.1 Å². The van der Waals surface area contributed by atoms with E-state index in [0.717, 1.165) is 17.8 Å². The standard InChI is InChI=1S/C19H20F3N5O/c1-12-7-8-26(24-12)11-17(28)23-18-13(2)25-27(14(18)3)10-15-5-4-6-16(9-15)19(20,21)22/h4-9H,10-11H2,1-3H3,(H,23,28). The molecule has 0 spiro atoms. The van der Waals surface area contributed by atoms with Gasteiger partial charge in [0.2, 0.25) is 5.91 Å². The number of aromatic nitrogens is 4. The maximum absolute atomic E-state index is 12.9. The first-order valence-corrected chi connectivity index (χ1v) is 8.63. The molecule has 0 saturated heterocycles. The number of amides is 1. The minimum Gasteiger partial charge on any atom is -0.321 e.